The highest BCUT2D eigenvalue weighted by Crippen LogP contribution is 2.32. The van der Waals surface area contributed by atoms with E-state index in [1.165, 1.54) is 6.20 Å². The zero-order valence-electron chi connectivity index (χ0n) is 13.1. The highest BCUT2D eigenvalue weighted by atomic mass is 16.5. The molecule has 0 bridgehead atoms. The Labute approximate surface area is 133 Å². The smallest absolute Gasteiger partial charge is 0.256 e. The van der Waals surface area contributed by atoms with Crippen molar-refractivity contribution in [2.75, 3.05) is 6.54 Å². The van der Waals surface area contributed by atoms with Crippen LogP contribution in [0.25, 0.3) is 0 Å². The monoisotopic (exact) mass is 311 g/mol. The van der Waals surface area contributed by atoms with E-state index >= 15 is 0 Å². The highest BCUT2D eigenvalue weighted by molar-refractivity contribution is 5.94. The van der Waals surface area contributed by atoms with Gasteiger partial charge in [-0.15, -0.1) is 0 Å². The molecule has 23 heavy (non-hydrogen) atoms. The van der Waals surface area contributed by atoms with E-state index in [0.717, 1.165) is 12.8 Å². The van der Waals surface area contributed by atoms with Gasteiger partial charge in [0.25, 0.3) is 5.91 Å². The van der Waals surface area contributed by atoms with Crippen LogP contribution in [0.15, 0.2) is 22.9 Å². The van der Waals surface area contributed by atoms with E-state index < -0.39 is 0 Å². The second-order valence-electron chi connectivity index (χ2n) is 5.85. The quantitative estimate of drug-likeness (QED) is 0.863. The summed E-state index contributed by atoms with van der Waals surface area (Å²) in [5.74, 6) is 1.19. The van der Waals surface area contributed by atoms with Crippen LogP contribution >= 0.6 is 0 Å². The van der Waals surface area contributed by atoms with Gasteiger partial charge in [-0.25, -0.2) is 4.98 Å². The van der Waals surface area contributed by atoms with Gasteiger partial charge in [0, 0.05) is 18.7 Å². The van der Waals surface area contributed by atoms with Crippen LogP contribution in [0.4, 0.5) is 0 Å². The molecule has 3 heterocycles. The van der Waals surface area contributed by atoms with Crippen LogP contribution in [0, 0.1) is 11.3 Å². The van der Waals surface area contributed by atoms with Crippen LogP contribution in [-0.2, 0) is 0 Å². The number of amides is 1. The van der Waals surface area contributed by atoms with Gasteiger partial charge in [0.1, 0.15) is 17.8 Å². The maximum Gasteiger partial charge on any atom is 0.256 e. The van der Waals surface area contributed by atoms with Crippen molar-refractivity contribution in [3.05, 3.63) is 41.3 Å². The van der Waals surface area contributed by atoms with Crippen molar-refractivity contribution in [1.82, 2.24) is 20.0 Å². The summed E-state index contributed by atoms with van der Waals surface area (Å²) < 4.78 is 5.35. The molecule has 1 aliphatic rings. The molecule has 2 aromatic rings. The summed E-state index contributed by atoms with van der Waals surface area (Å²) in [5.41, 5.74) is 0.748. The Morgan fingerprint density at radius 2 is 2.30 bits per heavy atom. The van der Waals surface area contributed by atoms with E-state index in [-0.39, 0.29) is 23.6 Å². The Hall–Kier alpha value is -2.75. The summed E-state index contributed by atoms with van der Waals surface area (Å²) in [6.45, 7) is 4.63. The topological polar surface area (TPSA) is 95.9 Å². The molecule has 2 aromatic heterocycles. The number of hydrogen-bond acceptors (Lipinski definition) is 6. The Bertz CT molecular complexity index is 745. The number of nitriles is 1. The minimum absolute atomic E-state index is 0.131. The van der Waals surface area contributed by atoms with Crippen molar-refractivity contribution in [3.8, 4) is 6.07 Å². The standard InChI is InChI=1S/C16H17N5O2/c1-10(2)14-19-15(23-20-14)13-4-3-7-21(13)16(22)11-5-6-12(8-17)18-9-11/h5-6,9-10,13H,3-4,7H2,1-2H3/t13-/m0/s1. The minimum Gasteiger partial charge on any atom is -0.337 e. The summed E-state index contributed by atoms with van der Waals surface area (Å²) >= 11 is 0. The Morgan fingerprint density at radius 3 is 2.91 bits per heavy atom. The molecule has 0 aromatic carbocycles. The van der Waals surface area contributed by atoms with Gasteiger partial charge in [0.15, 0.2) is 5.82 Å². The number of nitrogens with zero attached hydrogens (tertiary/aromatic N) is 5. The van der Waals surface area contributed by atoms with E-state index in [0.29, 0.717) is 23.8 Å². The number of carbonyl (C=O) groups is 1. The van der Waals surface area contributed by atoms with Crippen LogP contribution in [0.2, 0.25) is 0 Å². The lowest BCUT2D eigenvalue weighted by molar-refractivity contribution is 0.0709. The molecule has 118 valence electrons. The third kappa shape index (κ3) is 2.93. The number of rotatable bonds is 3. The molecule has 7 nitrogen and oxygen atoms in total. The molecule has 0 radical (unpaired) electrons. The zero-order valence-corrected chi connectivity index (χ0v) is 13.1. The summed E-state index contributed by atoms with van der Waals surface area (Å²) in [6, 6.07) is 4.91. The fraction of sp³-hybridized carbons (Fsp3) is 0.438. The molecule has 0 N–H and O–H groups in total. The number of aromatic nitrogens is 3. The molecule has 0 aliphatic carbocycles. The second kappa shape index (κ2) is 6.16. The van der Waals surface area contributed by atoms with E-state index in [2.05, 4.69) is 15.1 Å². The van der Waals surface area contributed by atoms with Crippen LogP contribution in [0.1, 0.15) is 66.4 Å². The lowest BCUT2D eigenvalue weighted by atomic mass is 10.2. The van der Waals surface area contributed by atoms with Crippen LogP contribution < -0.4 is 0 Å². The first kappa shape index (κ1) is 15.2. The molecule has 1 fully saturated rings. The first-order chi connectivity index (χ1) is 11.1. The lowest BCUT2D eigenvalue weighted by Crippen LogP contribution is -2.30. The van der Waals surface area contributed by atoms with Gasteiger partial charge in [-0.2, -0.15) is 10.2 Å². The van der Waals surface area contributed by atoms with Crippen LogP contribution in [-0.4, -0.2) is 32.5 Å². The third-order valence-electron chi connectivity index (χ3n) is 3.90. The fourth-order valence-corrected chi connectivity index (χ4v) is 2.64. The molecule has 1 atom stereocenters. The molecule has 3 rings (SSSR count). The number of carbonyl (C=O) groups excluding carboxylic acids is 1. The number of likely N-dealkylation sites (tertiary alicyclic amines) is 1. The minimum atomic E-state index is -0.196. The Kier molecular flexibility index (Phi) is 4.06. The predicted octanol–water partition coefficient (Wildman–Crippen LogP) is 2.44. The maximum atomic E-state index is 12.7. The predicted molar refractivity (Wildman–Crippen MR) is 80.4 cm³/mol. The summed E-state index contributed by atoms with van der Waals surface area (Å²) in [4.78, 5) is 22.8. The van der Waals surface area contributed by atoms with Gasteiger partial charge < -0.3 is 9.42 Å². The van der Waals surface area contributed by atoms with Crippen molar-refractivity contribution >= 4 is 5.91 Å². The summed E-state index contributed by atoms with van der Waals surface area (Å²) in [5, 5.41) is 12.8. The van der Waals surface area contributed by atoms with Crippen molar-refractivity contribution in [2.24, 2.45) is 0 Å². The summed E-state index contributed by atoms with van der Waals surface area (Å²) in [7, 11) is 0. The molecular formula is C16H17N5O2. The Morgan fingerprint density at radius 1 is 1.48 bits per heavy atom. The van der Waals surface area contributed by atoms with Gasteiger partial charge in [-0.3, -0.25) is 4.79 Å². The number of pyridine rings is 1. The molecule has 1 amide bonds. The van der Waals surface area contributed by atoms with E-state index in [9.17, 15) is 4.79 Å². The van der Waals surface area contributed by atoms with Gasteiger partial charge in [-0.1, -0.05) is 19.0 Å². The van der Waals surface area contributed by atoms with Gasteiger partial charge >= 0.3 is 0 Å². The average molecular weight is 311 g/mol. The van der Waals surface area contributed by atoms with Crippen LogP contribution in [0.3, 0.4) is 0 Å². The van der Waals surface area contributed by atoms with Crippen molar-refractivity contribution in [3.63, 3.8) is 0 Å². The average Bonchev–Trinajstić information content (AvgIpc) is 3.22. The number of hydrogen-bond donors (Lipinski definition) is 0. The SMILES string of the molecule is CC(C)c1noc([C@@H]2CCCN2C(=O)c2ccc(C#N)nc2)n1. The molecule has 0 unspecified atom stereocenters. The third-order valence-corrected chi connectivity index (χ3v) is 3.90. The van der Waals surface area contributed by atoms with E-state index in [1.807, 2.05) is 19.9 Å². The van der Waals surface area contributed by atoms with E-state index in [1.54, 1.807) is 17.0 Å². The van der Waals surface area contributed by atoms with Crippen molar-refractivity contribution < 1.29 is 9.32 Å². The van der Waals surface area contributed by atoms with E-state index in [4.69, 9.17) is 9.78 Å². The molecule has 1 saturated heterocycles. The maximum absolute atomic E-state index is 12.7. The zero-order chi connectivity index (χ0) is 16.4. The largest absolute Gasteiger partial charge is 0.337 e. The van der Waals surface area contributed by atoms with Crippen molar-refractivity contribution in [1.29, 1.82) is 5.26 Å². The van der Waals surface area contributed by atoms with Gasteiger partial charge in [0.2, 0.25) is 5.89 Å². The molecular weight excluding hydrogens is 294 g/mol. The molecule has 7 heteroatoms. The van der Waals surface area contributed by atoms with Gasteiger partial charge in [-0.05, 0) is 25.0 Å². The Balaban J connectivity index is 1.82. The summed E-state index contributed by atoms with van der Waals surface area (Å²) in [6.07, 6.45) is 3.12. The fourth-order valence-electron chi connectivity index (χ4n) is 2.64. The second-order valence-corrected chi connectivity index (χ2v) is 5.85. The lowest BCUT2D eigenvalue weighted by Gasteiger charge is -2.21. The molecule has 0 spiro atoms. The molecule has 0 saturated carbocycles. The van der Waals surface area contributed by atoms with Crippen LogP contribution in [0.5, 0.6) is 0 Å². The normalized spacial score (nSPS) is 17.5. The first-order valence-corrected chi connectivity index (χ1v) is 7.60. The highest BCUT2D eigenvalue weighted by Gasteiger charge is 2.34. The van der Waals surface area contributed by atoms with Crippen molar-refractivity contribution in [2.45, 2.75) is 38.6 Å². The van der Waals surface area contributed by atoms with Gasteiger partial charge in [0.05, 0.1) is 5.56 Å². The first-order valence-electron chi connectivity index (χ1n) is 7.60. The molecule has 1 aliphatic heterocycles.